The molecular weight excluding hydrogens is 402 g/mol. The number of benzene rings is 2. The average Bonchev–Trinajstić information content (AvgIpc) is 3.14. The number of ether oxygens (including phenoxy) is 1. The van der Waals surface area contributed by atoms with Crippen LogP contribution < -0.4 is 15.6 Å². The summed E-state index contributed by atoms with van der Waals surface area (Å²) in [7, 11) is 1.33. The first kappa shape index (κ1) is 19.9. The number of anilines is 2. The monoisotopic (exact) mass is 419 g/mol. The predicted molar refractivity (Wildman–Crippen MR) is 102 cm³/mol. The Morgan fingerprint density at radius 3 is 2.47 bits per heavy atom. The first-order valence-corrected chi connectivity index (χ1v) is 9.17. The van der Waals surface area contributed by atoms with E-state index in [4.69, 9.17) is 4.74 Å². The fourth-order valence-corrected chi connectivity index (χ4v) is 3.77. The van der Waals surface area contributed by atoms with Crippen molar-refractivity contribution < 1.29 is 22.3 Å². The molecule has 156 valence electrons. The maximum atomic E-state index is 14.5. The van der Waals surface area contributed by atoms with E-state index >= 15 is 0 Å². The summed E-state index contributed by atoms with van der Waals surface area (Å²) in [5.74, 6) is -3.15. The molecule has 30 heavy (non-hydrogen) atoms. The number of hydrogen-bond donors (Lipinski definition) is 1. The Labute approximate surface area is 169 Å². The van der Waals surface area contributed by atoms with Gasteiger partial charge in [-0.2, -0.15) is 9.37 Å². The Balaban J connectivity index is 1.85. The van der Waals surface area contributed by atoms with Gasteiger partial charge in [0.1, 0.15) is 11.6 Å². The van der Waals surface area contributed by atoms with E-state index in [1.807, 2.05) is 0 Å². The molecule has 1 aromatic heterocycles. The van der Waals surface area contributed by atoms with Gasteiger partial charge >= 0.3 is 5.56 Å². The minimum Gasteiger partial charge on any atom is -0.494 e. The van der Waals surface area contributed by atoms with Gasteiger partial charge in [-0.1, -0.05) is 0 Å². The second-order valence-electron chi connectivity index (χ2n) is 7.01. The zero-order valence-corrected chi connectivity index (χ0v) is 16.1. The zero-order valence-electron chi connectivity index (χ0n) is 16.1. The van der Waals surface area contributed by atoms with Gasteiger partial charge in [-0.25, -0.2) is 13.2 Å². The van der Waals surface area contributed by atoms with Crippen LogP contribution >= 0.6 is 0 Å². The van der Waals surface area contributed by atoms with Gasteiger partial charge in [-0.15, -0.1) is 0 Å². The van der Waals surface area contributed by atoms with Crippen molar-refractivity contribution in [1.29, 1.82) is 0 Å². The van der Waals surface area contributed by atoms with Crippen LogP contribution in [-0.4, -0.2) is 16.7 Å². The van der Waals surface area contributed by atoms with E-state index < -0.39 is 34.9 Å². The summed E-state index contributed by atoms with van der Waals surface area (Å²) in [4.78, 5) is 15.8. The van der Waals surface area contributed by atoms with Gasteiger partial charge < -0.3 is 14.6 Å². The first-order valence-electron chi connectivity index (χ1n) is 9.17. The zero-order chi connectivity index (χ0) is 21.6. The van der Waals surface area contributed by atoms with Gasteiger partial charge in [0.25, 0.3) is 0 Å². The quantitative estimate of drug-likeness (QED) is 0.637. The van der Waals surface area contributed by atoms with Crippen molar-refractivity contribution in [2.45, 2.75) is 25.8 Å². The van der Waals surface area contributed by atoms with E-state index in [1.54, 1.807) is 0 Å². The van der Waals surface area contributed by atoms with Crippen molar-refractivity contribution in [3.63, 3.8) is 0 Å². The summed E-state index contributed by atoms with van der Waals surface area (Å²) in [5, 5.41) is 2.86. The van der Waals surface area contributed by atoms with E-state index in [0.717, 1.165) is 18.2 Å². The molecule has 1 atom stereocenters. The summed E-state index contributed by atoms with van der Waals surface area (Å²) in [6.45, 7) is 1.51. The molecule has 0 radical (unpaired) electrons. The highest BCUT2D eigenvalue weighted by Gasteiger charge is 2.31. The largest absolute Gasteiger partial charge is 0.494 e. The number of methoxy groups -OCH3 is 1. The molecule has 0 saturated heterocycles. The third-order valence-corrected chi connectivity index (χ3v) is 5.22. The van der Waals surface area contributed by atoms with Crippen LogP contribution in [0.1, 0.15) is 29.3 Å². The van der Waals surface area contributed by atoms with Crippen molar-refractivity contribution in [3.05, 3.63) is 80.8 Å². The van der Waals surface area contributed by atoms with Crippen molar-refractivity contribution in [2.75, 3.05) is 12.4 Å². The molecule has 1 aliphatic rings. The van der Waals surface area contributed by atoms with Crippen LogP contribution in [0.2, 0.25) is 0 Å². The van der Waals surface area contributed by atoms with Gasteiger partial charge in [0.2, 0.25) is 11.8 Å². The minimum atomic E-state index is -1.07. The molecule has 2 heterocycles. The first-order chi connectivity index (χ1) is 14.3. The van der Waals surface area contributed by atoms with Crippen LogP contribution in [0.25, 0.3) is 0 Å². The van der Waals surface area contributed by atoms with Crippen LogP contribution in [0.4, 0.5) is 29.2 Å². The van der Waals surface area contributed by atoms with Crippen molar-refractivity contribution in [2.24, 2.45) is 0 Å². The summed E-state index contributed by atoms with van der Waals surface area (Å²) in [5.41, 5.74) is -0.233. The molecule has 5 nitrogen and oxygen atoms in total. The number of halogens is 4. The summed E-state index contributed by atoms with van der Waals surface area (Å²) in [6.07, 6.45) is 0.493. The molecule has 0 bridgehead atoms. The number of nitrogens with zero attached hydrogens (tertiary/aromatic N) is 2. The van der Waals surface area contributed by atoms with Gasteiger partial charge in [0, 0.05) is 17.3 Å². The highest BCUT2D eigenvalue weighted by Crippen LogP contribution is 2.37. The second-order valence-corrected chi connectivity index (χ2v) is 7.01. The highest BCUT2D eigenvalue weighted by atomic mass is 19.1. The molecule has 0 spiro atoms. The molecule has 1 aliphatic heterocycles. The molecule has 1 N–H and O–H groups in total. The standard InChI is InChI=1S/C21H17F4N3O2/c1-10-14(3-6-17(30-2)18(10)24)26-21-27-20(29)19(25)16-5-4-15(28(16)21)11-7-12(22)9-13(23)8-11/h3,6-9,15H,4-5H2,1-2H3,(H,26,27,29). The maximum Gasteiger partial charge on any atom is 0.310 e. The Kier molecular flexibility index (Phi) is 4.97. The molecule has 0 saturated carbocycles. The lowest BCUT2D eigenvalue weighted by molar-refractivity contribution is 0.385. The van der Waals surface area contributed by atoms with Crippen LogP contribution in [0.5, 0.6) is 5.75 Å². The van der Waals surface area contributed by atoms with Crippen LogP contribution in [-0.2, 0) is 6.42 Å². The molecule has 0 fully saturated rings. The molecule has 9 heteroatoms. The fourth-order valence-electron chi connectivity index (χ4n) is 3.77. The normalized spacial score (nSPS) is 15.2. The minimum absolute atomic E-state index is 0.0422. The number of aromatic nitrogens is 2. The third kappa shape index (κ3) is 3.30. The van der Waals surface area contributed by atoms with Gasteiger partial charge in [0.05, 0.1) is 18.8 Å². The van der Waals surface area contributed by atoms with Crippen molar-refractivity contribution >= 4 is 11.6 Å². The molecule has 0 amide bonds. The summed E-state index contributed by atoms with van der Waals surface area (Å²) in [6, 6.07) is 5.33. The third-order valence-electron chi connectivity index (χ3n) is 5.22. The van der Waals surface area contributed by atoms with Gasteiger partial charge in [-0.05, 0) is 49.6 Å². The lowest BCUT2D eigenvalue weighted by atomic mass is 10.0. The molecular formula is C21H17F4N3O2. The summed E-state index contributed by atoms with van der Waals surface area (Å²) < 4.78 is 62.7. The smallest absolute Gasteiger partial charge is 0.310 e. The lowest BCUT2D eigenvalue weighted by Gasteiger charge is -2.21. The fraction of sp³-hybridized carbons (Fsp3) is 0.238. The molecule has 1 unspecified atom stereocenters. The van der Waals surface area contributed by atoms with Crippen LogP contribution in [0.15, 0.2) is 35.1 Å². The Hall–Kier alpha value is -3.36. The maximum absolute atomic E-state index is 14.5. The molecule has 4 rings (SSSR count). The Morgan fingerprint density at radius 1 is 1.10 bits per heavy atom. The number of rotatable bonds is 4. The van der Waals surface area contributed by atoms with Crippen LogP contribution in [0, 0.1) is 30.2 Å². The highest BCUT2D eigenvalue weighted by molar-refractivity contribution is 5.61. The van der Waals surface area contributed by atoms with E-state index in [0.29, 0.717) is 6.42 Å². The SMILES string of the molecule is COc1ccc(Nc2nc(=O)c(F)c3n2C(c2cc(F)cc(F)c2)CC3)c(C)c1F. The topological polar surface area (TPSA) is 56.1 Å². The number of nitrogens with one attached hydrogen (secondary N) is 1. The van der Waals surface area contributed by atoms with Crippen LogP contribution in [0.3, 0.4) is 0 Å². The average molecular weight is 419 g/mol. The Morgan fingerprint density at radius 2 is 1.80 bits per heavy atom. The Bertz CT molecular complexity index is 1190. The van der Waals surface area contributed by atoms with E-state index in [1.165, 1.54) is 30.7 Å². The lowest BCUT2D eigenvalue weighted by Crippen LogP contribution is -2.23. The van der Waals surface area contributed by atoms with E-state index in [-0.39, 0.29) is 40.6 Å². The number of fused-ring (bicyclic) bond motifs is 1. The molecule has 3 aromatic rings. The number of hydrogen-bond acceptors (Lipinski definition) is 4. The van der Waals surface area contributed by atoms with E-state index in [2.05, 4.69) is 10.3 Å². The van der Waals surface area contributed by atoms with Gasteiger partial charge in [-0.3, -0.25) is 4.79 Å². The molecule has 2 aromatic carbocycles. The van der Waals surface area contributed by atoms with Gasteiger partial charge in [0.15, 0.2) is 11.6 Å². The van der Waals surface area contributed by atoms with Crippen molar-refractivity contribution in [1.82, 2.24) is 9.55 Å². The van der Waals surface area contributed by atoms with Crippen molar-refractivity contribution in [3.8, 4) is 5.75 Å². The molecule has 0 aliphatic carbocycles. The predicted octanol–water partition coefficient (Wildman–Crippen LogP) is 4.40. The summed E-state index contributed by atoms with van der Waals surface area (Å²) >= 11 is 0. The second kappa shape index (κ2) is 7.47. The van der Waals surface area contributed by atoms with E-state index in [9.17, 15) is 22.4 Å².